The molecule has 2 rings (SSSR count). The Morgan fingerprint density at radius 2 is 2.28 bits per heavy atom. The molecule has 0 aliphatic carbocycles. The van der Waals surface area contributed by atoms with Crippen LogP contribution in [0.2, 0.25) is 0 Å². The molecule has 0 aliphatic rings. The second-order valence-corrected chi connectivity index (χ2v) is 4.59. The van der Waals surface area contributed by atoms with Gasteiger partial charge in [-0.3, -0.25) is 9.36 Å². The van der Waals surface area contributed by atoms with Gasteiger partial charge in [0.05, 0.1) is 5.75 Å². The molecule has 0 bridgehead atoms. The molecule has 2 aromatic heterocycles. The summed E-state index contributed by atoms with van der Waals surface area (Å²) in [6.07, 6.45) is 0. The van der Waals surface area contributed by atoms with E-state index in [0.717, 1.165) is 17.5 Å². The molecule has 0 radical (unpaired) electrons. The lowest BCUT2D eigenvalue weighted by Crippen LogP contribution is -2.03. The van der Waals surface area contributed by atoms with Crippen LogP contribution in [0.3, 0.4) is 0 Å². The molecule has 18 heavy (non-hydrogen) atoms. The summed E-state index contributed by atoms with van der Waals surface area (Å²) in [7, 11) is 0. The van der Waals surface area contributed by atoms with Gasteiger partial charge in [-0.15, -0.1) is 10.2 Å². The Bertz CT molecular complexity index is 562. The standard InChI is InChI=1S/C11H13N3O3S/c1-3-14-10(8-5-4-7(2)17-8)12-13-11(14)18-6-9(15)16/h4-5H,3,6H2,1-2H3,(H,15,16). The first-order valence-electron chi connectivity index (χ1n) is 5.46. The second kappa shape index (κ2) is 5.26. The molecule has 2 aromatic rings. The topological polar surface area (TPSA) is 81.2 Å². The average Bonchev–Trinajstić information content (AvgIpc) is 2.91. The van der Waals surface area contributed by atoms with Crippen molar-refractivity contribution in [1.29, 1.82) is 0 Å². The number of carboxylic acid groups (broad SMARTS) is 1. The molecule has 0 saturated heterocycles. The highest BCUT2D eigenvalue weighted by Crippen LogP contribution is 2.25. The third-order valence-corrected chi connectivity index (χ3v) is 3.27. The minimum Gasteiger partial charge on any atom is -0.481 e. The Morgan fingerprint density at radius 1 is 1.50 bits per heavy atom. The molecule has 0 atom stereocenters. The van der Waals surface area contributed by atoms with Crippen molar-refractivity contribution in [3.8, 4) is 11.6 Å². The molecule has 96 valence electrons. The van der Waals surface area contributed by atoms with Crippen LogP contribution < -0.4 is 0 Å². The van der Waals surface area contributed by atoms with Gasteiger partial charge in [0.15, 0.2) is 16.7 Å². The maximum absolute atomic E-state index is 10.6. The molecule has 0 unspecified atom stereocenters. The molecule has 2 heterocycles. The van der Waals surface area contributed by atoms with Crippen LogP contribution in [0.15, 0.2) is 21.7 Å². The zero-order valence-corrected chi connectivity index (χ0v) is 10.9. The third kappa shape index (κ3) is 2.56. The van der Waals surface area contributed by atoms with Crippen LogP contribution in [0.1, 0.15) is 12.7 Å². The van der Waals surface area contributed by atoms with E-state index in [9.17, 15) is 4.79 Å². The third-order valence-electron chi connectivity index (χ3n) is 2.32. The zero-order valence-electron chi connectivity index (χ0n) is 10.1. The van der Waals surface area contributed by atoms with Gasteiger partial charge in [-0.25, -0.2) is 0 Å². The Morgan fingerprint density at radius 3 is 2.83 bits per heavy atom. The summed E-state index contributed by atoms with van der Waals surface area (Å²) in [5, 5.41) is 17.3. The number of rotatable bonds is 5. The van der Waals surface area contributed by atoms with Crippen molar-refractivity contribution in [1.82, 2.24) is 14.8 Å². The highest BCUT2D eigenvalue weighted by atomic mass is 32.2. The summed E-state index contributed by atoms with van der Waals surface area (Å²) in [6.45, 7) is 4.47. The normalized spacial score (nSPS) is 10.8. The van der Waals surface area contributed by atoms with Crippen LogP contribution in [0, 0.1) is 6.92 Å². The van der Waals surface area contributed by atoms with Crippen molar-refractivity contribution in [2.24, 2.45) is 0 Å². The van der Waals surface area contributed by atoms with E-state index >= 15 is 0 Å². The minimum absolute atomic E-state index is 0.0324. The number of carbonyl (C=O) groups is 1. The number of aliphatic carboxylic acids is 1. The lowest BCUT2D eigenvalue weighted by Gasteiger charge is -2.04. The van der Waals surface area contributed by atoms with Crippen LogP contribution in [0.25, 0.3) is 11.6 Å². The number of hydrogen-bond donors (Lipinski definition) is 1. The average molecular weight is 267 g/mol. The van der Waals surface area contributed by atoms with E-state index in [-0.39, 0.29) is 5.75 Å². The van der Waals surface area contributed by atoms with Crippen molar-refractivity contribution < 1.29 is 14.3 Å². The monoisotopic (exact) mass is 267 g/mol. The Kier molecular flexibility index (Phi) is 3.71. The van der Waals surface area contributed by atoms with Gasteiger partial charge >= 0.3 is 5.97 Å². The molecule has 0 fully saturated rings. The van der Waals surface area contributed by atoms with Crippen molar-refractivity contribution >= 4 is 17.7 Å². The fourth-order valence-corrected chi connectivity index (χ4v) is 2.27. The summed E-state index contributed by atoms with van der Waals surface area (Å²) in [4.78, 5) is 10.6. The predicted octanol–water partition coefficient (Wildman–Crippen LogP) is 2.04. The van der Waals surface area contributed by atoms with Gasteiger partial charge < -0.3 is 9.52 Å². The first-order chi connectivity index (χ1) is 8.61. The largest absolute Gasteiger partial charge is 0.481 e. The number of thioether (sulfide) groups is 1. The predicted molar refractivity (Wildman–Crippen MR) is 66.5 cm³/mol. The molecule has 6 nitrogen and oxygen atoms in total. The fourth-order valence-electron chi connectivity index (χ4n) is 1.54. The highest BCUT2D eigenvalue weighted by molar-refractivity contribution is 7.99. The Hall–Kier alpha value is -1.76. The maximum atomic E-state index is 10.6. The summed E-state index contributed by atoms with van der Waals surface area (Å²) in [5.74, 6) is 1.16. The van der Waals surface area contributed by atoms with Gasteiger partial charge in [0.25, 0.3) is 0 Å². The van der Waals surface area contributed by atoms with Gasteiger partial charge in [0.2, 0.25) is 0 Å². The SMILES string of the molecule is CCn1c(SCC(=O)O)nnc1-c1ccc(C)o1. The van der Waals surface area contributed by atoms with E-state index in [1.54, 1.807) is 0 Å². The molecule has 1 N–H and O–H groups in total. The molecule has 0 amide bonds. The summed E-state index contributed by atoms with van der Waals surface area (Å²) >= 11 is 1.15. The molecular weight excluding hydrogens is 254 g/mol. The molecule has 0 aliphatic heterocycles. The molecule has 0 aromatic carbocycles. The van der Waals surface area contributed by atoms with Crippen LogP contribution >= 0.6 is 11.8 Å². The van der Waals surface area contributed by atoms with Gasteiger partial charge in [0, 0.05) is 6.54 Å². The number of hydrogen-bond acceptors (Lipinski definition) is 5. The number of furan rings is 1. The van der Waals surface area contributed by atoms with Gasteiger partial charge in [-0.2, -0.15) is 0 Å². The fraction of sp³-hybridized carbons (Fsp3) is 0.364. The van der Waals surface area contributed by atoms with Crippen LogP contribution in [0.4, 0.5) is 0 Å². The van der Waals surface area contributed by atoms with Crippen molar-refractivity contribution in [3.05, 3.63) is 17.9 Å². The van der Waals surface area contributed by atoms with E-state index < -0.39 is 5.97 Å². The van der Waals surface area contributed by atoms with Crippen LogP contribution in [0.5, 0.6) is 0 Å². The first kappa shape index (κ1) is 12.7. The number of aromatic nitrogens is 3. The molecular formula is C11H13N3O3S. The molecule has 0 saturated carbocycles. The van der Waals surface area contributed by atoms with E-state index in [1.165, 1.54) is 0 Å². The van der Waals surface area contributed by atoms with Crippen molar-refractivity contribution in [3.63, 3.8) is 0 Å². The van der Waals surface area contributed by atoms with Crippen LogP contribution in [-0.4, -0.2) is 31.6 Å². The lowest BCUT2D eigenvalue weighted by molar-refractivity contribution is -0.133. The summed E-state index contributed by atoms with van der Waals surface area (Å²) < 4.78 is 7.34. The lowest BCUT2D eigenvalue weighted by atomic mass is 10.4. The minimum atomic E-state index is -0.874. The van der Waals surface area contributed by atoms with E-state index in [0.29, 0.717) is 23.3 Å². The van der Waals surface area contributed by atoms with E-state index in [2.05, 4.69) is 10.2 Å². The summed E-state index contributed by atoms with van der Waals surface area (Å²) in [5.41, 5.74) is 0. The highest BCUT2D eigenvalue weighted by Gasteiger charge is 2.16. The first-order valence-corrected chi connectivity index (χ1v) is 6.45. The smallest absolute Gasteiger partial charge is 0.313 e. The van der Waals surface area contributed by atoms with Crippen molar-refractivity contribution in [2.45, 2.75) is 25.5 Å². The van der Waals surface area contributed by atoms with E-state index in [4.69, 9.17) is 9.52 Å². The van der Waals surface area contributed by atoms with Gasteiger partial charge in [-0.05, 0) is 26.0 Å². The molecule has 7 heteroatoms. The summed E-state index contributed by atoms with van der Waals surface area (Å²) in [6, 6.07) is 3.69. The van der Waals surface area contributed by atoms with Crippen molar-refractivity contribution in [2.75, 3.05) is 5.75 Å². The van der Waals surface area contributed by atoms with E-state index in [1.807, 2.05) is 30.5 Å². The number of aryl methyl sites for hydroxylation is 1. The quantitative estimate of drug-likeness (QED) is 0.835. The maximum Gasteiger partial charge on any atom is 0.313 e. The Balaban J connectivity index is 2.29. The zero-order chi connectivity index (χ0) is 13.1. The van der Waals surface area contributed by atoms with Gasteiger partial charge in [-0.1, -0.05) is 11.8 Å². The Labute approximate surface area is 108 Å². The van der Waals surface area contributed by atoms with Crippen LogP contribution in [-0.2, 0) is 11.3 Å². The number of nitrogens with zero attached hydrogens (tertiary/aromatic N) is 3. The number of carboxylic acids is 1. The molecule has 0 spiro atoms. The van der Waals surface area contributed by atoms with Gasteiger partial charge in [0.1, 0.15) is 5.76 Å². The second-order valence-electron chi connectivity index (χ2n) is 3.64.